The van der Waals surface area contributed by atoms with Crippen LogP contribution in [0.2, 0.25) is 0 Å². The van der Waals surface area contributed by atoms with E-state index in [4.69, 9.17) is 4.42 Å². The Morgan fingerprint density at radius 3 is 2.62 bits per heavy atom. The Kier molecular flexibility index (Phi) is 3.85. The zero-order valence-corrected chi connectivity index (χ0v) is 12.9. The summed E-state index contributed by atoms with van der Waals surface area (Å²) in [4.78, 5) is 15.4. The number of benzene rings is 1. The van der Waals surface area contributed by atoms with Crippen LogP contribution in [0.5, 0.6) is 0 Å². The van der Waals surface area contributed by atoms with Crippen molar-refractivity contribution in [3.63, 3.8) is 0 Å². The molecule has 1 unspecified atom stereocenters. The van der Waals surface area contributed by atoms with Crippen LogP contribution in [0.15, 0.2) is 34.7 Å². The number of furan rings is 1. The minimum absolute atomic E-state index is 0.114. The highest BCUT2D eigenvalue weighted by atomic mass is 16.3. The van der Waals surface area contributed by atoms with E-state index in [2.05, 4.69) is 18.7 Å². The second-order valence-electron chi connectivity index (χ2n) is 6.15. The summed E-state index contributed by atoms with van der Waals surface area (Å²) in [7, 11) is 0. The number of carbonyl (C=O) groups excluding carboxylic acids is 1. The molecule has 3 heteroatoms. The number of hydrogen-bond donors (Lipinski definition) is 0. The van der Waals surface area contributed by atoms with Crippen LogP contribution < -0.4 is 0 Å². The van der Waals surface area contributed by atoms with Crippen molar-refractivity contribution in [2.24, 2.45) is 0 Å². The van der Waals surface area contributed by atoms with E-state index in [0.717, 1.165) is 30.5 Å². The zero-order chi connectivity index (χ0) is 14.9. The lowest BCUT2D eigenvalue weighted by atomic mass is 9.87. The van der Waals surface area contributed by atoms with E-state index >= 15 is 0 Å². The molecule has 1 fully saturated rings. The van der Waals surface area contributed by atoms with Crippen molar-refractivity contribution in [1.82, 2.24) is 4.90 Å². The van der Waals surface area contributed by atoms with Gasteiger partial charge in [0.2, 0.25) is 5.78 Å². The van der Waals surface area contributed by atoms with Gasteiger partial charge in [-0.15, -0.1) is 0 Å². The van der Waals surface area contributed by atoms with E-state index in [1.165, 1.54) is 19.3 Å². The lowest BCUT2D eigenvalue weighted by Crippen LogP contribution is -2.53. The number of hydrogen-bond acceptors (Lipinski definition) is 3. The highest BCUT2D eigenvalue weighted by Gasteiger charge is 2.40. The van der Waals surface area contributed by atoms with Crippen LogP contribution in [0.4, 0.5) is 0 Å². The number of rotatable bonds is 4. The number of ketones is 1. The van der Waals surface area contributed by atoms with Gasteiger partial charge in [0.25, 0.3) is 0 Å². The summed E-state index contributed by atoms with van der Waals surface area (Å²) in [6.07, 6.45) is 4.45. The van der Waals surface area contributed by atoms with Crippen LogP contribution in [0.25, 0.3) is 11.0 Å². The second-order valence-corrected chi connectivity index (χ2v) is 6.15. The Morgan fingerprint density at radius 2 is 1.95 bits per heavy atom. The first kappa shape index (κ1) is 14.3. The second kappa shape index (κ2) is 5.64. The molecular weight excluding hydrogens is 262 g/mol. The van der Waals surface area contributed by atoms with Crippen molar-refractivity contribution >= 4 is 16.8 Å². The van der Waals surface area contributed by atoms with Gasteiger partial charge in [0.15, 0.2) is 5.76 Å². The topological polar surface area (TPSA) is 33.5 Å². The molecule has 1 aliphatic rings. The minimum Gasteiger partial charge on any atom is -0.453 e. The number of para-hydroxylation sites is 1. The van der Waals surface area contributed by atoms with Crippen molar-refractivity contribution in [3.8, 4) is 0 Å². The van der Waals surface area contributed by atoms with Crippen molar-refractivity contribution in [2.45, 2.75) is 45.1 Å². The van der Waals surface area contributed by atoms with Crippen LogP contribution >= 0.6 is 0 Å². The molecule has 0 N–H and O–H groups in total. The predicted molar refractivity (Wildman–Crippen MR) is 84.7 cm³/mol. The van der Waals surface area contributed by atoms with Gasteiger partial charge >= 0.3 is 0 Å². The lowest BCUT2D eigenvalue weighted by Gasteiger charge is -2.41. The van der Waals surface area contributed by atoms with Crippen LogP contribution in [0.1, 0.15) is 50.1 Å². The third-order valence-electron chi connectivity index (χ3n) is 4.88. The molecule has 3 nitrogen and oxygen atoms in total. The number of carbonyl (C=O) groups is 1. The number of nitrogens with zero attached hydrogens (tertiary/aromatic N) is 1. The number of fused-ring (bicyclic) bond motifs is 1. The first-order valence-corrected chi connectivity index (χ1v) is 7.93. The molecule has 0 bridgehead atoms. The van der Waals surface area contributed by atoms with Gasteiger partial charge in [-0.1, -0.05) is 31.5 Å². The molecule has 0 amide bonds. The van der Waals surface area contributed by atoms with E-state index in [0.29, 0.717) is 5.76 Å². The standard InChI is InChI=1S/C18H23NO2/c1-3-18(2,19-11-7-4-8-12-19)17(20)16-13-14-9-5-6-10-15(14)21-16/h5-6,9-10,13H,3-4,7-8,11-12H2,1-2H3. The number of Topliss-reactive ketones (excluding diaryl/α,β-unsaturated/α-hetero) is 1. The summed E-state index contributed by atoms with van der Waals surface area (Å²) < 4.78 is 5.79. The molecule has 1 aromatic carbocycles. The molecule has 21 heavy (non-hydrogen) atoms. The Labute approximate surface area is 125 Å². The summed E-state index contributed by atoms with van der Waals surface area (Å²) >= 11 is 0. The van der Waals surface area contributed by atoms with E-state index < -0.39 is 5.54 Å². The Morgan fingerprint density at radius 1 is 1.24 bits per heavy atom. The fourth-order valence-corrected chi connectivity index (χ4v) is 3.27. The maximum Gasteiger partial charge on any atom is 0.217 e. The Bertz CT molecular complexity index is 606. The van der Waals surface area contributed by atoms with Crippen LogP contribution in [0.3, 0.4) is 0 Å². The van der Waals surface area contributed by atoms with Crippen LogP contribution in [0, 0.1) is 0 Å². The molecule has 112 valence electrons. The molecule has 1 aliphatic heterocycles. The third kappa shape index (κ3) is 2.51. The molecule has 2 aromatic rings. The molecule has 0 aliphatic carbocycles. The normalized spacial score (nSPS) is 19.5. The van der Waals surface area contributed by atoms with E-state index in [-0.39, 0.29) is 5.78 Å². The van der Waals surface area contributed by atoms with Gasteiger partial charge in [0.05, 0.1) is 5.54 Å². The zero-order valence-electron chi connectivity index (χ0n) is 12.9. The third-order valence-corrected chi connectivity index (χ3v) is 4.88. The molecule has 3 rings (SSSR count). The average molecular weight is 285 g/mol. The first-order valence-electron chi connectivity index (χ1n) is 7.93. The lowest BCUT2D eigenvalue weighted by molar-refractivity contribution is 0.0480. The Hall–Kier alpha value is -1.61. The van der Waals surface area contributed by atoms with Crippen molar-refractivity contribution in [3.05, 3.63) is 36.1 Å². The van der Waals surface area contributed by atoms with Crippen molar-refractivity contribution in [2.75, 3.05) is 13.1 Å². The van der Waals surface area contributed by atoms with Gasteiger partial charge in [-0.05, 0) is 51.4 Å². The molecular formula is C18H23NO2. The fourth-order valence-electron chi connectivity index (χ4n) is 3.27. The summed E-state index contributed by atoms with van der Waals surface area (Å²) in [5.41, 5.74) is 0.340. The molecule has 0 radical (unpaired) electrons. The highest BCUT2D eigenvalue weighted by molar-refractivity contribution is 6.03. The summed E-state index contributed by atoms with van der Waals surface area (Å²) in [5.74, 6) is 0.606. The molecule has 0 saturated carbocycles. The van der Waals surface area contributed by atoms with Gasteiger partial charge in [-0.2, -0.15) is 0 Å². The van der Waals surface area contributed by atoms with E-state index in [1.54, 1.807) is 0 Å². The predicted octanol–water partition coefficient (Wildman–Crippen LogP) is 4.27. The first-order chi connectivity index (χ1) is 10.1. The van der Waals surface area contributed by atoms with Gasteiger partial charge in [-0.3, -0.25) is 9.69 Å². The van der Waals surface area contributed by atoms with Crippen LogP contribution in [-0.2, 0) is 0 Å². The van der Waals surface area contributed by atoms with Crippen molar-refractivity contribution < 1.29 is 9.21 Å². The Balaban J connectivity index is 1.93. The molecule has 2 heterocycles. The quantitative estimate of drug-likeness (QED) is 0.787. The molecule has 0 spiro atoms. The largest absolute Gasteiger partial charge is 0.453 e. The monoisotopic (exact) mass is 285 g/mol. The average Bonchev–Trinajstić information content (AvgIpc) is 2.98. The highest BCUT2D eigenvalue weighted by Crippen LogP contribution is 2.30. The fraction of sp³-hybridized carbons (Fsp3) is 0.500. The van der Waals surface area contributed by atoms with Crippen molar-refractivity contribution in [1.29, 1.82) is 0 Å². The summed E-state index contributed by atoms with van der Waals surface area (Å²) in [6.45, 7) is 6.18. The van der Waals surface area contributed by atoms with Gasteiger partial charge in [-0.25, -0.2) is 0 Å². The summed E-state index contributed by atoms with van der Waals surface area (Å²) in [6, 6.07) is 9.69. The SMILES string of the molecule is CCC(C)(C(=O)c1cc2ccccc2o1)N1CCCCC1. The molecule has 1 atom stereocenters. The maximum absolute atomic E-state index is 13.0. The molecule has 1 aromatic heterocycles. The smallest absolute Gasteiger partial charge is 0.217 e. The van der Waals surface area contributed by atoms with Gasteiger partial charge < -0.3 is 4.42 Å². The number of piperidine rings is 1. The maximum atomic E-state index is 13.0. The van der Waals surface area contributed by atoms with Gasteiger partial charge in [0.1, 0.15) is 5.58 Å². The van der Waals surface area contributed by atoms with Gasteiger partial charge in [0, 0.05) is 5.39 Å². The summed E-state index contributed by atoms with van der Waals surface area (Å²) in [5, 5.41) is 0.998. The minimum atomic E-state index is -0.450. The van der Waals surface area contributed by atoms with Crippen LogP contribution in [-0.4, -0.2) is 29.3 Å². The number of likely N-dealkylation sites (tertiary alicyclic amines) is 1. The molecule has 1 saturated heterocycles. The van der Waals surface area contributed by atoms with E-state index in [9.17, 15) is 4.79 Å². The van der Waals surface area contributed by atoms with E-state index in [1.807, 2.05) is 30.3 Å².